The largest absolute Gasteiger partial charge is 0.217 e. The smallest absolute Gasteiger partial charge is 0.155 e. The summed E-state index contributed by atoms with van der Waals surface area (Å²) < 4.78 is 1.71. The van der Waals surface area contributed by atoms with Gasteiger partial charge in [-0.05, 0) is 19.1 Å². The summed E-state index contributed by atoms with van der Waals surface area (Å²) in [4.78, 5) is 4.01. The van der Waals surface area contributed by atoms with Gasteiger partial charge in [0.25, 0.3) is 0 Å². The average molecular weight is 168 g/mol. The number of aryl methyl sites for hydroxylation is 1. The van der Waals surface area contributed by atoms with Gasteiger partial charge in [0.15, 0.2) is 5.65 Å². The molecule has 0 aliphatic heterocycles. The van der Waals surface area contributed by atoms with E-state index in [-0.39, 0.29) is 0 Å². The van der Waals surface area contributed by atoms with E-state index >= 15 is 0 Å². The Balaban J connectivity index is 2.93. The van der Waals surface area contributed by atoms with Crippen LogP contribution in [0.4, 0.5) is 0 Å². The molecule has 2 heterocycles. The summed E-state index contributed by atoms with van der Waals surface area (Å²) >= 11 is 5.86. The van der Waals surface area contributed by atoms with Crippen molar-refractivity contribution in [1.82, 2.24) is 14.6 Å². The number of aromatic nitrogens is 3. The fraction of sp³-hybridized carbons (Fsp3) is 0.143. The van der Waals surface area contributed by atoms with E-state index in [1.807, 2.05) is 19.1 Å². The number of hydrogen-bond donors (Lipinski definition) is 0. The van der Waals surface area contributed by atoms with Crippen molar-refractivity contribution in [3.63, 3.8) is 0 Å². The first-order chi connectivity index (χ1) is 5.29. The summed E-state index contributed by atoms with van der Waals surface area (Å²) in [6.45, 7) is 1.91. The molecule has 0 aromatic carbocycles. The second-order valence-electron chi connectivity index (χ2n) is 2.30. The Labute approximate surface area is 68.6 Å². The van der Waals surface area contributed by atoms with E-state index in [4.69, 9.17) is 11.6 Å². The Hall–Kier alpha value is -1.09. The fourth-order valence-electron chi connectivity index (χ4n) is 0.992. The van der Waals surface area contributed by atoms with Crippen LogP contribution in [0.15, 0.2) is 18.5 Å². The molecule has 0 radical (unpaired) electrons. The van der Waals surface area contributed by atoms with Crippen molar-refractivity contribution in [1.29, 1.82) is 0 Å². The Bertz CT molecular complexity index is 393. The highest BCUT2D eigenvalue weighted by molar-refractivity contribution is 6.31. The monoisotopic (exact) mass is 167 g/mol. The third-order valence-corrected chi connectivity index (χ3v) is 2.02. The van der Waals surface area contributed by atoms with Gasteiger partial charge in [0.2, 0.25) is 0 Å². The van der Waals surface area contributed by atoms with E-state index in [1.54, 1.807) is 4.52 Å². The number of halogens is 1. The van der Waals surface area contributed by atoms with Crippen LogP contribution in [0.5, 0.6) is 0 Å². The van der Waals surface area contributed by atoms with Crippen LogP contribution in [0, 0.1) is 6.92 Å². The van der Waals surface area contributed by atoms with Gasteiger partial charge in [-0.2, -0.15) is 5.10 Å². The third kappa shape index (κ3) is 0.886. The molecule has 2 rings (SSSR count). The van der Waals surface area contributed by atoms with Crippen molar-refractivity contribution in [2.45, 2.75) is 6.92 Å². The molecule has 0 amide bonds. The molecule has 2 aromatic heterocycles. The zero-order valence-corrected chi connectivity index (χ0v) is 6.71. The first kappa shape index (κ1) is 6.61. The minimum Gasteiger partial charge on any atom is -0.217 e. The second kappa shape index (κ2) is 2.20. The maximum Gasteiger partial charge on any atom is 0.155 e. The molecular weight excluding hydrogens is 162 g/mol. The van der Waals surface area contributed by atoms with Crippen LogP contribution >= 0.6 is 11.6 Å². The standard InChI is InChI=1S/C7H6ClN3/c1-5-6(8)2-3-7-9-4-10-11(5)7/h2-4H,1H3. The number of nitrogens with zero attached hydrogens (tertiary/aromatic N) is 3. The van der Waals surface area contributed by atoms with Gasteiger partial charge >= 0.3 is 0 Å². The Morgan fingerprint density at radius 3 is 3.09 bits per heavy atom. The van der Waals surface area contributed by atoms with Gasteiger partial charge in [0.05, 0.1) is 10.7 Å². The highest BCUT2D eigenvalue weighted by atomic mass is 35.5. The summed E-state index contributed by atoms with van der Waals surface area (Å²) in [6, 6.07) is 3.66. The van der Waals surface area contributed by atoms with Gasteiger partial charge in [-0.25, -0.2) is 9.50 Å². The van der Waals surface area contributed by atoms with E-state index in [0.717, 1.165) is 11.3 Å². The van der Waals surface area contributed by atoms with Crippen LogP contribution < -0.4 is 0 Å². The zero-order chi connectivity index (χ0) is 7.84. The van der Waals surface area contributed by atoms with Gasteiger partial charge in [-0.15, -0.1) is 0 Å². The lowest BCUT2D eigenvalue weighted by Gasteiger charge is -1.98. The fourth-order valence-corrected chi connectivity index (χ4v) is 1.14. The number of hydrogen-bond acceptors (Lipinski definition) is 2. The molecule has 0 saturated carbocycles. The number of rotatable bonds is 0. The maximum absolute atomic E-state index is 5.86. The zero-order valence-electron chi connectivity index (χ0n) is 5.95. The average Bonchev–Trinajstić information content (AvgIpc) is 2.45. The SMILES string of the molecule is Cc1c(Cl)ccc2ncnn12. The topological polar surface area (TPSA) is 30.2 Å². The Morgan fingerprint density at radius 2 is 2.27 bits per heavy atom. The van der Waals surface area contributed by atoms with E-state index in [1.165, 1.54) is 6.33 Å². The van der Waals surface area contributed by atoms with Crippen LogP contribution in [0.25, 0.3) is 5.65 Å². The molecule has 0 spiro atoms. The Kier molecular flexibility index (Phi) is 1.32. The third-order valence-electron chi connectivity index (χ3n) is 1.62. The van der Waals surface area contributed by atoms with Crippen molar-refractivity contribution in [3.05, 3.63) is 29.2 Å². The van der Waals surface area contributed by atoms with Crippen LogP contribution in [0.3, 0.4) is 0 Å². The van der Waals surface area contributed by atoms with Gasteiger partial charge in [-0.3, -0.25) is 0 Å². The first-order valence-electron chi connectivity index (χ1n) is 3.24. The van der Waals surface area contributed by atoms with Gasteiger partial charge in [-0.1, -0.05) is 11.6 Å². The van der Waals surface area contributed by atoms with Gasteiger partial charge < -0.3 is 0 Å². The van der Waals surface area contributed by atoms with Crippen molar-refractivity contribution >= 4 is 17.2 Å². The second-order valence-corrected chi connectivity index (χ2v) is 2.70. The highest BCUT2D eigenvalue weighted by Gasteiger charge is 2.00. The lowest BCUT2D eigenvalue weighted by molar-refractivity contribution is 0.915. The number of fused-ring (bicyclic) bond motifs is 1. The van der Waals surface area contributed by atoms with E-state index < -0.39 is 0 Å². The highest BCUT2D eigenvalue weighted by Crippen LogP contribution is 2.14. The van der Waals surface area contributed by atoms with E-state index in [0.29, 0.717) is 5.02 Å². The maximum atomic E-state index is 5.86. The van der Waals surface area contributed by atoms with E-state index in [2.05, 4.69) is 10.1 Å². The molecule has 0 bridgehead atoms. The van der Waals surface area contributed by atoms with Crippen LogP contribution in [-0.4, -0.2) is 14.6 Å². The summed E-state index contributed by atoms with van der Waals surface area (Å²) in [7, 11) is 0. The van der Waals surface area contributed by atoms with E-state index in [9.17, 15) is 0 Å². The van der Waals surface area contributed by atoms with Crippen molar-refractivity contribution in [2.24, 2.45) is 0 Å². The molecule has 0 fully saturated rings. The first-order valence-corrected chi connectivity index (χ1v) is 3.61. The molecule has 0 N–H and O–H groups in total. The molecule has 0 unspecified atom stereocenters. The van der Waals surface area contributed by atoms with Crippen molar-refractivity contribution < 1.29 is 0 Å². The minimum absolute atomic E-state index is 0.711. The summed E-state index contributed by atoms with van der Waals surface area (Å²) in [5, 5.41) is 4.71. The van der Waals surface area contributed by atoms with Crippen LogP contribution in [0.1, 0.15) is 5.69 Å². The minimum atomic E-state index is 0.711. The van der Waals surface area contributed by atoms with Crippen LogP contribution in [-0.2, 0) is 0 Å². The quantitative estimate of drug-likeness (QED) is 0.598. The predicted molar refractivity (Wildman–Crippen MR) is 42.7 cm³/mol. The molecular formula is C7H6ClN3. The number of pyridine rings is 1. The van der Waals surface area contributed by atoms with Crippen molar-refractivity contribution in [3.8, 4) is 0 Å². The molecule has 0 atom stereocenters. The lowest BCUT2D eigenvalue weighted by Crippen LogP contribution is -1.92. The molecule has 3 nitrogen and oxygen atoms in total. The summed E-state index contributed by atoms with van der Waals surface area (Å²) in [5.74, 6) is 0. The summed E-state index contributed by atoms with van der Waals surface area (Å²) in [5.41, 5.74) is 1.74. The van der Waals surface area contributed by atoms with Gasteiger partial charge in [0.1, 0.15) is 6.33 Å². The predicted octanol–water partition coefficient (Wildman–Crippen LogP) is 1.69. The normalized spacial score (nSPS) is 10.7. The molecule has 4 heteroatoms. The summed E-state index contributed by atoms with van der Waals surface area (Å²) in [6.07, 6.45) is 1.51. The Morgan fingerprint density at radius 1 is 1.45 bits per heavy atom. The van der Waals surface area contributed by atoms with Crippen molar-refractivity contribution in [2.75, 3.05) is 0 Å². The lowest BCUT2D eigenvalue weighted by atomic mass is 10.4. The molecule has 0 aliphatic rings. The molecule has 0 aliphatic carbocycles. The molecule has 0 saturated heterocycles. The van der Waals surface area contributed by atoms with Gasteiger partial charge in [0, 0.05) is 0 Å². The molecule has 56 valence electrons. The molecule has 11 heavy (non-hydrogen) atoms. The molecule has 2 aromatic rings. The van der Waals surface area contributed by atoms with Crippen LogP contribution in [0.2, 0.25) is 5.02 Å².